The highest BCUT2D eigenvalue weighted by atomic mass is 32.1. The molecule has 4 rings (SSSR count). The molecule has 1 aliphatic heterocycles. The molecule has 2 aromatic heterocycles. The third-order valence-corrected chi connectivity index (χ3v) is 6.53. The lowest BCUT2D eigenvalue weighted by Gasteiger charge is -2.28. The van der Waals surface area contributed by atoms with Crippen molar-refractivity contribution in [3.05, 3.63) is 83.2 Å². The van der Waals surface area contributed by atoms with Crippen LogP contribution in [0.15, 0.2) is 54.7 Å². The lowest BCUT2D eigenvalue weighted by molar-refractivity contribution is -0.116. The van der Waals surface area contributed by atoms with E-state index in [0.29, 0.717) is 11.7 Å². The molecule has 3 heterocycles. The summed E-state index contributed by atoms with van der Waals surface area (Å²) in [6, 6.07) is 13.9. The number of rotatable bonds is 7. The first-order valence-corrected chi connectivity index (χ1v) is 11.5. The number of anilines is 1. The standard InChI is InChI=1S/C25H28FN5OS/c1-4-30-16(2)15-18(17(30)3)24-23(21-11-7-8-13-27-21)29-25(33)31(24)14-12-22(32)28-20-10-6-5-9-19(20)26/h5-11,13,15,23-24H,4,12,14H2,1-3H3,(H,28,32)(H,29,33)/t23-,24+/m0/s1. The minimum atomic E-state index is -0.454. The number of amides is 1. The van der Waals surface area contributed by atoms with E-state index >= 15 is 0 Å². The zero-order valence-electron chi connectivity index (χ0n) is 19.0. The summed E-state index contributed by atoms with van der Waals surface area (Å²) in [4.78, 5) is 19.2. The highest BCUT2D eigenvalue weighted by molar-refractivity contribution is 7.80. The average molecular weight is 466 g/mol. The molecule has 6 nitrogen and oxygen atoms in total. The molecule has 172 valence electrons. The monoisotopic (exact) mass is 465 g/mol. The minimum Gasteiger partial charge on any atom is -0.352 e. The number of para-hydroxylation sites is 1. The van der Waals surface area contributed by atoms with Crippen LogP contribution in [0.3, 0.4) is 0 Å². The highest BCUT2D eigenvalue weighted by Gasteiger charge is 2.41. The summed E-state index contributed by atoms with van der Waals surface area (Å²) in [7, 11) is 0. The Balaban J connectivity index is 1.60. The largest absolute Gasteiger partial charge is 0.352 e. The van der Waals surface area contributed by atoms with Gasteiger partial charge in [-0.3, -0.25) is 9.78 Å². The molecule has 1 fully saturated rings. The summed E-state index contributed by atoms with van der Waals surface area (Å²) in [6.45, 7) is 7.62. The molecule has 0 saturated carbocycles. The van der Waals surface area contributed by atoms with E-state index in [1.807, 2.05) is 18.2 Å². The molecule has 33 heavy (non-hydrogen) atoms. The quantitative estimate of drug-likeness (QED) is 0.497. The zero-order chi connectivity index (χ0) is 23.5. The number of hydrogen-bond donors (Lipinski definition) is 2. The third kappa shape index (κ3) is 4.61. The second-order valence-corrected chi connectivity index (χ2v) is 8.56. The van der Waals surface area contributed by atoms with E-state index in [9.17, 15) is 9.18 Å². The molecule has 1 aromatic carbocycles. The Morgan fingerprint density at radius 1 is 1.21 bits per heavy atom. The van der Waals surface area contributed by atoms with Gasteiger partial charge in [0, 0.05) is 37.1 Å². The van der Waals surface area contributed by atoms with E-state index in [1.54, 1.807) is 24.4 Å². The molecule has 1 aliphatic rings. The number of hydrogen-bond acceptors (Lipinski definition) is 3. The van der Waals surface area contributed by atoms with Crippen LogP contribution in [0.2, 0.25) is 0 Å². The number of thiocarbonyl (C=S) groups is 1. The molecule has 1 amide bonds. The Morgan fingerprint density at radius 3 is 2.64 bits per heavy atom. The maximum atomic E-state index is 13.9. The van der Waals surface area contributed by atoms with Crippen LogP contribution >= 0.6 is 12.2 Å². The lowest BCUT2D eigenvalue weighted by Crippen LogP contribution is -2.33. The number of carbonyl (C=O) groups excluding carboxylic acids is 1. The molecule has 0 spiro atoms. The van der Waals surface area contributed by atoms with Gasteiger partial charge in [0.25, 0.3) is 0 Å². The Labute approximate surface area is 198 Å². The third-order valence-electron chi connectivity index (χ3n) is 6.17. The first-order chi connectivity index (χ1) is 15.9. The van der Waals surface area contributed by atoms with Crippen LogP contribution < -0.4 is 10.6 Å². The summed E-state index contributed by atoms with van der Waals surface area (Å²) in [5.74, 6) is -0.716. The molecule has 3 aromatic rings. The molecule has 0 radical (unpaired) electrons. The van der Waals surface area contributed by atoms with Gasteiger partial charge in [-0.1, -0.05) is 18.2 Å². The molecular weight excluding hydrogens is 437 g/mol. The van der Waals surface area contributed by atoms with Gasteiger partial charge in [-0.2, -0.15) is 0 Å². The van der Waals surface area contributed by atoms with Crippen molar-refractivity contribution < 1.29 is 9.18 Å². The Kier molecular flexibility index (Phi) is 6.74. The summed E-state index contributed by atoms with van der Waals surface area (Å²) in [5, 5.41) is 6.66. The summed E-state index contributed by atoms with van der Waals surface area (Å²) in [6.07, 6.45) is 1.95. The number of nitrogens with zero attached hydrogens (tertiary/aromatic N) is 3. The van der Waals surface area contributed by atoms with Gasteiger partial charge in [-0.05, 0) is 68.9 Å². The van der Waals surface area contributed by atoms with Gasteiger partial charge in [0.2, 0.25) is 5.91 Å². The first kappa shape index (κ1) is 22.9. The van der Waals surface area contributed by atoms with Gasteiger partial charge in [-0.15, -0.1) is 0 Å². The highest BCUT2D eigenvalue weighted by Crippen LogP contribution is 2.40. The molecule has 2 atom stereocenters. The van der Waals surface area contributed by atoms with Crippen molar-refractivity contribution in [1.29, 1.82) is 0 Å². The number of aryl methyl sites for hydroxylation is 1. The molecule has 0 aliphatic carbocycles. The summed E-state index contributed by atoms with van der Waals surface area (Å²) < 4.78 is 16.2. The minimum absolute atomic E-state index is 0.111. The van der Waals surface area contributed by atoms with E-state index < -0.39 is 5.82 Å². The number of nitrogens with one attached hydrogen (secondary N) is 2. The second-order valence-electron chi connectivity index (χ2n) is 8.17. The number of benzene rings is 1. The second kappa shape index (κ2) is 9.70. The van der Waals surface area contributed by atoms with Gasteiger partial charge >= 0.3 is 0 Å². The molecular formula is C25H28FN5OS. The normalized spacial score (nSPS) is 17.8. The van der Waals surface area contributed by atoms with Crippen LogP contribution in [0.5, 0.6) is 0 Å². The van der Waals surface area contributed by atoms with E-state index in [4.69, 9.17) is 12.2 Å². The van der Waals surface area contributed by atoms with Crippen molar-refractivity contribution in [1.82, 2.24) is 19.8 Å². The van der Waals surface area contributed by atoms with Crippen LogP contribution in [-0.2, 0) is 11.3 Å². The predicted molar refractivity (Wildman–Crippen MR) is 131 cm³/mol. The Hall–Kier alpha value is -3.26. The van der Waals surface area contributed by atoms with Crippen LogP contribution in [0.25, 0.3) is 0 Å². The van der Waals surface area contributed by atoms with Gasteiger partial charge in [0.1, 0.15) is 5.82 Å². The summed E-state index contributed by atoms with van der Waals surface area (Å²) in [5.41, 5.74) is 4.59. The van der Waals surface area contributed by atoms with Crippen molar-refractivity contribution in [2.75, 3.05) is 11.9 Å². The Morgan fingerprint density at radius 2 is 1.97 bits per heavy atom. The van der Waals surface area contributed by atoms with Crippen molar-refractivity contribution in [3.8, 4) is 0 Å². The van der Waals surface area contributed by atoms with E-state index in [0.717, 1.165) is 17.8 Å². The van der Waals surface area contributed by atoms with Gasteiger partial charge < -0.3 is 20.1 Å². The van der Waals surface area contributed by atoms with Crippen LogP contribution in [0.4, 0.5) is 10.1 Å². The molecule has 1 saturated heterocycles. The van der Waals surface area contributed by atoms with Crippen molar-refractivity contribution >= 4 is 28.9 Å². The maximum Gasteiger partial charge on any atom is 0.226 e. The SMILES string of the molecule is CCn1c(C)cc([C@@H]2[C@H](c3ccccn3)NC(=S)N2CCC(=O)Nc2ccccc2F)c1C. The van der Waals surface area contributed by atoms with E-state index in [-0.39, 0.29) is 30.1 Å². The van der Waals surface area contributed by atoms with Crippen LogP contribution in [0, 0.1) is 19.7 Å². The zero-order valence-corrected chi connectivity index (χ0v) is 19.8. The van der Waals surface area contributed by atoms with Crippen molar-refractivity contribution in [3.63, 3.8) is 0 Å². The molecule has 0 bridgehead atoms. The number of carbonyl (C=O) groups is 1. The van der Waals surface area contributed by atoms with Gasteiger partial charge in [0.05, 0.1) is 23.5 Å². The van der Waals surface area contributed by atoms with Gasteiger partial charge in [0.15, 0.2) is 5.11 Å². The van der Waals surface area contributed by atoms with E-state index in [1.165, 1.54) is 17.5 Å². The average Bonchev–Trinajstić information content (AvgIpc) is 3.29. The molecule has 8 heteroatoms. The number of pyridine rings is 1. The lowest BCUT2D eigenvalue weighted by atomic mass is 9.96. The fourth-order valence-electron chi connectivity index (χ4n) is 4.60. The number of halogens is 1. The van der Waals surface area contributed by atoms with Crippen molar-refractivity contribution in [2.24, 2.45) is 0 Å². The van der Waals surface area contributed by atoms with E-state index in [2.05, 4.69) is 51.9 Å². The topological polar surface area (TPSA) is 62.2 Å². The van der Waals surface area contributed by atoms with Crippen LogP contribution in [-0.4, -0.2) is 32.0 Å². The maximum absolute atomic E-state index is 13.9. The number of aromatic nitrogens is 2. The predicted octanol–water partition coefficient (Wildman–Crippen LogP) is 4.66. The Bertz CT molecular complexity index is 1160. The van der Waals surface area contributed by atoms with Gasteiger partial charge in [-0.25, -0.2) is 4.39 Å². The smallest absolute Gasteiger partial charge is 0.226 e. The fraction of sp³-hybridized carbons (Fsp3) is 0.320. The fourth-order valence-corrected chi connectivity index (χ4v) is 4.93. The molecule has 2 N–H and O–H groups in total. The van der Waals surface area contributed by atoms with Crippen molar-refractivity contribution in [2.45, 2.75) is 45.8 Å². The first-order valence-electron chi connectivity index (χ1n) is 11.1. The summed E-state index contributed by atoms with van der Waals surface area (Å²) >= 11 is 5.70. The van der Waals surface area contributed by atoms with Crippen LogP contribution in [0.1, 0.15) is 48.1 Å². The molecule has 0 unspecified atom stereocenters.